The van der Waals surface area contributed by atoms with E-state index in [0.717, 1.165) is 12.8 Å². The Morgan fingerprint density at radius 2 is 2.07 bits per heavy atom. The van der Waals surface area contributed by atoms with Crippen LogP contribution in [0.25, 0.3) is 0 Å². The van der Waals surface area contributed by atoms with Crippen molar-refractivity contribution in [1.82, 2.24) is 0 Å². The maximum atomic E-state index is 12.1. The summed E-state index contributed by atoms with van der Waals surface area (Å²) < 4.78 is 0. The largest absolute Gasteiger partial charge is 0.294 e. The molecule has 0 aromatic carbocycles. The predicted octanol–water partition coefficient (Wildman–Crippen LogP) is 3.90. The van der Waals surface area contributed by atoms with Crippen LogP contribution in [0.1, 0.15) is 47.0 Å². The van der Waals surface area contributed by atoms with E-state index in [4.69, 9.17) is 0 Å². The molecule has 0 heterocycles. The zero-order chi connectivity index (χ0) is 11.5. The van der Waals surface area contributed by atoms with Crippen LogP contribution in [0.2, 0.25) is 0 Å². The Morgan fingerprint density at radius 1 is 1.40 bits per heavy atom. The van der Waals surface area contributed by atoms with Gasteiger partial charge in [-0.2, -0.15) is 0 Å². The van der Waals surface area contributed by atoms with Crippen LogP contribution in [0.15, 0.2) is 23.8 Å². The minimum Gasteiger partial charge on any atom is -0.294 e. The van der Waals surface area contributed by atoms with Crippen molar-refractivity contribution < 1.29 is 4.79 Å². The number of ketones is 1. The van der Waals surface area contributed by atoms with Crippen molar-refractivity contribution in [2.75, 3.05) is 0 Å². The van der Waals surface area contributed by atoms with Crippen LogP contribution in [0, 0.1) is 11.3 Å². The molecular formula is C14H22O. The Kier molecular flexibility index (Phi) is 3.90. The van der Waals surface area contributed by atoms with Crippen LogP contribution in [0.3, 0.4) is 0 Å². The Labute approximate surface area is 93.3 Å². The van der Waals surface area contributed by atoms with Gasteiger partial charge in [0.1, 0.15) is 0 Å². The lowest BCUT2D eigenvalue weighted by molar-refractivity contribution is -0.120. The lowest BCUT2D eigenvalue weighted by Gasteiger charge is -2.39. The van der Waals surface area contributed by atoms with Gasteiger partial charge in [0, 0.05) is 5.92 Å². The summed E-state index contributed by atoms with van der Waals surface area (Å²) in [7, 11) is 0. The second kappa shape index (κ2) is 4.78. The second-order valence-electron chi connectivity index (χ2n) is 5.04. The molecule has 0 amide bonds. The Balaban J connectivity index is 3.00. The van der Waals surface area contributed by atoms with Gasteiger partial charge in [0.05, 0.1) is 0 Å². The maximum absolute atomic E-state index is 12.1. The highest BCUT2D eigenvalue weighted by Crippen LogP contribution is 2.44. The molecule has 1 heteroatoms. The Bertz CT molecular complexity index is 294. The molecule has 0 radical (unpaired) electrons. The fourth-order valence-corrected chi connectivity index (χ4v) is 2.68. The third-order valence-corrected chi connectivity index (χ3v) is 3.43. The molecule has 1 aliphatic rings. The van der Waals surface area contributed by atoms with Crippen LogP contribution in [0.4, 0.5) is 0 Å². The summed E-state index contributed by atoms with van der Waals surface area (Å²) >= 11 is 0. The summed E-state index contributed by atoms with van der Waals surface area (Å²) in [5.41, 5.74) is 1.45. The maximum Gasteiger partial charge on any atom is 0.162 e. The van der Waals surface area contributed by atoms with Crippen molar-refractivity contribution in [3.8, 4) is 0 Å². The molecule has 84 valence electrons. The average Bonchev–Trinajstić information content (AvgIpc) is 2.16. The summed E-state index contributed by atoms with van der Waals surface area (Å²) in [6, 6.07) is 0. The van der Waals surface area contributed by atoms with Gasteiger partial charge in [-0.25, -0.2) is 0 Å². The van der Waals surface area contributed by atoms with Crippen molar-refractivity contribution in [2.24, 2.45) is 11.3 Å². The van der Waals surface area contributed by atoms with Gasteiger partial charge >= 0.3 is 0 Å². The molecular weight excluding hydrogens is 184 g/mol. The van der Waals surface area contributed by atoms with Crippen LogP contribution >= 0.6 is 0 Å². The predicted molar refractivity (Wildman–Crippen MR) is 64.7 cm³/mol. The third-order valence-electron chi connectivity index (χ3n) is 3.43. The van der Waals surface area contributed by atoms with Gasteiger partial charge in [-0.3, -0.25) is 4.79 Å². The lowest BCUT2D eigenvalue weighted by Crippen LogP contribution is -2.35. The summed E-state index contributed by atoms with van der Waals surface area (Å²) in [4.78, 5) is 12.1. The minimum absolute atomic E-state index is 0.104. The lowest BCUT2D eigenvalue weighted by atomic mass is 9.64. The monoisotopic (exact) mass is 206 g/mol. The first kappa shape index (κ1) is 12.2. The summed E-state index contributed by atoms with van der Waals surface area (Å²) in [5, 5.41) is 0. The van der Waals surface area contributed by atoms with Crippen molar-refractivity contribution in [3.05, 3.63) is 23.8 Å². The van der Waals surface area contributed by atoms with Gasteiger partial charge < -0.3 is 0 Å². The highest BCUT2D eigenvalue weighted by atomic mass is 16.1. The highest BCUT2D eigenvalue weighted by Gasteiger charge is 2.38. The zero-order valence-corrected chi connectivity index (χ0v) is 10.3. The summed E-state index contributed by atoms with van der Waals surface area (Å²) in [5.74, 6) is 0.378. The topological polar surface area (TPSA) is 17.1 Å². The van der Waals surface area contributed by atoms with E-state index in [1.54, 1.807) is 6.08 Å². The van der Waals surface area contributed by atoms with E-state index in [0.29, 0.717) is 0 Å². The molecule has 0 saturated heterocycles. The molecule has 0 aromatic rings. The van der Waals surface area contributed by atoms with E-state index < -0.39 is 0 Å². The van der Waals surface area contributed by atoms with E-state index in [-0.39, 0.29) is 17.1 Å². The van der Waals surface area contributed by atoms with Crippen molar-refractivity contribution in [2.45, 2.75) is 47.0 Å². The normalized spacial score (nSPS) is 28.5. The first-order valence-corrected chi connectivity index (χ1v) is 5.84. The highest BCUT2D eigenvalue weighted by molar-refractivity contribution is 5.94. The Morgan fingerprint density at radius 3 is 2.60 bits per heavy atom. The number of rotatable bonds is 2. The van der Waals surface area contributed by atoms with Crippen molar-refractivity contribution >= 4 is 5.78 Å². The average molecular weight is 206 g/mol. The minimum atomic E-state index is 0.104. The van der Waals surface area contributed by atoms with Crippen LogP contribution in [-0.4, -0.2) is 5.78 Å². The first-order chi connectivity index (χ1) is 7.03. The molecule has 1 nitrogen and oxygen atoms in total. The van der Waals surface area contributed by atoms with E-state index in [9.17, 15) is 4.79 Å². The van der Waals surface area contributed by atoms with E-state index in [1.807, 2.05) is 19.9 Å². The van der Waals surface area contributed by atoms with Gasteiger partial charge in [-0.05, 0) is 44.6 Å². The Hall–Kier alpha value is -0.850. The van der Waals surface area contributed by atoms with Gasteiger partial charge in [-0.1, -0.05) is 31.6 Å². The molecule has 0 aliphatic heterocycles. The van der Waals surface area contributed by atoms with E-state index in [1.165, 1.54) is 12.0 Å². The third kappa shape index (κ3) is 2.58. The summed E-state index contributed by atoms with van der Waals surface area (Å²) in [6.45, 7) is 8.37. The summed E-state index contributed by atoms with van der Waals surface area (Å²) in [6.07, 6.45) is 9.16. The standard InChI is InChI=1S/C14H22O/c1-5-8-12(15)13-11(6-2)9-7-10-14(13,3)4/h5-6,8,13H,7,9-10H2,1-4H3/b8-5+,11-6+. The molecule has 1 unspecified atom stereocenters. The van der Waals surface area contributed by atoms with Crippen molar-refractivity contribution in [1.29, 1.82) is 0 Å². The molecule has 0 spiro atoms. The number of hydrogen-bond donors (Lipinski definition) is 0. The first-order valence-electron chi connectivity index (χ1n) is 5.84. The van der Waals surface area contributed by atoms with Crippen molar-refractivity contribution in [3.63, 3.8) is 0 Å². The molecule has 0 bridgehead atoms. The molecule has 1 aliphatic carbocycles. The SMILES string of the molecule is C/C=C/C(=O)C1/C(=C/C)CCCC1(C)C. The number of carbonyl (C=O) groups excluding carboxylic acids is 1. The van der Waals surface area contributed by atoms with Gasteiger partial charge in [0.15, 0.2) is 5.78 Å². The van der Waals surface area contributed by atoms with Gasteiger partial charge in [0.25, 0.3) is 0 Å². The van der Waals surface area contributed by atoms with E-state index >= 15 is 0 Å². The van der Waals surface area contributed by atoms with Crippen LogP contribution in [0.5, 0.6) is 0 Å². The number of hydrogen-bond acceptors (Lipinski definition) is 1. The quantitative estimate of drug-likeness (QED) is 0.494. The molecule has 0 aromatic heterocycles. The molecule has 1 fully saturated rings. The second-order valence-corrected chi connectivity index (χ2v) is 5.04. The van der Waals surface area contributed by atoms with Gasteiger partial charge in [-0.15, -0.1) is 0 Å². The fraction of sp³-hybridized carbons (Fsp3) is 0.643. The van der Waals surface area contributed by atoms with Gasteiger partial charge in [0.2, 0.25) is 0 Å². The smallest absolute Gasteiger partial charge is 0.162 e. The fourth-order valence-electron chi connectivity index (χ4n) is 2.68. The molecule has 15 heavy (non-hydrogen) atoms. The number of allylic oxidation sites excluding steroid dienone is 4. The number of carbonyl (C=O) groups is 1. The molecule has 1 atom stereocenters. The molecule has 1 rings (SSSR count). The van der Waals surface area contributed by atoms with Crippen LogP contribution < -0.4 is 0 Å². The zero-order valence-electron chi connectivity index (χ0n) is 10.3. The van der Waals surface area contributed by atoms with E-state index in [2.05, 4.69) is 19.9 Å². The van der Waals surface area contributed by atoms with Crippen LogP contribution in [-0.2, 0) is 4.79 Å². The molecule has 0 N–H and O–H groups in total. The molecule has 1 saturated carbocycles.